The van der Waals surface area contributed by atoms with Gasteiger partial charge in [0.05, 0.1) is 6.20 Å². The van der Waals surface area contributed by atoms with E-state index in [9.17, 15) is 14.0 Å². The zero-order chi connectivity index (χ0) is 32.8. The van der Waals surface area contributed by atoms with Crippen molar-refractivity contribution in [2.45, 2.75) is 70.4 Å². The Morgan fingerprint density at radius 2 is 1.62 bits per heavy atom. The molecule has 1 saturated heterocycles. The van der Waals surface area contributed by atoms with Crippen molar-refractivity contribution in [2.24, 2.45) is 7.05 Å². The Balaban J connectivity index is 1.04. The van der Waals surface area contributed by atoms with Gasteiger partial charge < -0.3 is 20.3 Å². The fourth-order valence-corrected chi connectivity index (χ4v) is 6.47. The van der Waals surface area contributed by atoms with Gasteiger partial charge in [-0.05, 0) is 119 Å². The molecule has 4 aromatic rings. The Kier molecular flexibility index (Phi) is 10.3. The van der Waals surface area contributed by atoms with E-state index in [4.69, 9.17) is 4.74 Å². The first-order valence-corrected chi connectivity index (χ1v) is 16.7. The zero-order valence-corrected chi connectivity index (χ0v) is 27.2. The maximum absolute atomic E-state index is 14.3. The Morgan fingerprint density at radius 3 is 2.30 bits per heavy atom. The quantitative estimate of drug-likeness (QED) is 0.202. The first-order chi connectivity index (χ1) is 22.8. The summed E-state index contributed by atoms with van der Waals surface area (Å²) in [6.07, 6.45) is 8.68. The van der Waals surface area contributed by atoms with E-state index in [0.717, 1.165) is 48.5 Å². The molecule has 9 nitrogen and oxygen atoms in total. The first-order valence-electron chi connectivity index (χ1n) is 16.7. The summed E-state index contributed by atoms with van der Waals surface area (Å²) in [6, 6.07) is 19.0. The van der Waals surface area contributed by atoms with E-state index in [-0.39, 0.29) is 29.4 Å². The topological polar surface area (TPSA) is 101 Å². The van der Waals surface area contributed by atoms with E-state index in [0.29, 0.717) is 37.1 Å². The summed E-state index contributed by atoms with van der Waals surface area (Å²) in [5.41, 5.74) is 4.70. The third-order valence-electron chi connectivity index (χ3n) is 9.28. The molecule has 2 fully saturated rings. The highest BCUT2D eigenvalue weighted by atomic mass is 19.1. The van der Waals surface area contributed by atoms with Crippen molar-refractivity contribution in [3.8, 4) is 22.8 Å². The van der Waals surface area contributed by atoms with Crippen molar-refractivity contribution in [1.82, 2.24) is 30.3 Å². The van der Waals surface area contributed by atoms with Gasteiger partial charge in [0, 0.05) is 24.8 Å². The summed E-state index contributed by atoms with van der Waals surface area (Å²) in [6.45, 7) is 5.52. The SMILES string of the molecule is Cc1cc(C(=O)N[C@H]2CC[C@H](NC(=O)c3cc(F)cnc3Oc3cccc(-c4ccc(CCCN5CCCC5)cc4)c3)CC2)nn1C. The van der Waals surface area contributed by atoms with Crippen LogP contribution in [-0.2, 0) is 13.5 Å². The molecule has 2 aromatic carbocycles. The summed E-state index contributed by atoms with van der Waals surface area (Å²) in [4.78, 5) is 32.6. The number of nitrogens with zero attached hydrogens (tertiary/aromatic N) is 4. The van der Waals surface area contributed by atoms with Crippen LogP contribution >= 0.6 is 0 Å². The molecule has 0 radical (unpaired) electrons. The molecule has 1 aliphatic heterocycles. The molecule has 1 saturated carbocycles. The molecule has 2 aliphatic rings. The van der Waals surface area contributed by atoms with Gasteiger partial charge in [-0.2, -0.15) is 5.10 Å². The second-order valence-corrected chi connectivity index (χ2v) is 12.8. The average molecular weight is 639 g/mol. The van der Waals surface area contributed by atoms with Crippen LogP contribution in [0.25, 0.3) is 11.1 Å². The Morgan fingerprint density at radius 1 is 0.915 bits per heavy atom. The van der Waals surface area contributed by atoms with Gasteiger partial charge in [0.2, 0.25) is 5.88 Å². The maximum atomic E-state index is 14.3. The number of likely N-dealkylation sites (tertiary alicyclic amines) is 1. The lowest BCUT2D eigenvalue weighted by atomic mass is 9.91. The number of benzene rings is 2. The number of aromatic nitrogens is 3. The number of carbonyl (C=O) groups excluding carboxylic acids is 2. The largest absolute Gasteiger partial charge is 0.438 e. The highest BCUT2D eigenvalue weighted by Gasteiger charge is 2.26. The van der Waals surface area contributed by atoms with E-state index >= 15 is 0 Å². The number of nitrogens with one attached hydrogen (secondary N) is 2. The molecule has 2 N–H and O–H groups in total. The van der Waals surface area contributed by atoms with Gasteiger partial charge in [0.15, 0.2) is 0 Å². The highest BCUT2D eigenvalue weighted by molar-refractivity contribution is 5.96. The second-order valence-electron chi connectivity index (χ2n) is 12.8. The smallest absolute Gasteiger partial charge is 0.272 e. The van der Waals surface area contributed by atoms with Gasteiger partial charge in [-0.25, -0.2) is 9.37 Å². The zero-order valence-electron chi connectivity index (χ0n) is 27.2. The van der Waals surface area contributed by atoms with Crippen LogP contribution in [-0.4, -0.2) is 63.2 Å². The summed E-state index contributed by atoms with van der Waals surface area (Å²) < 4.78 is 22.0. The highest BCUT2D eigenvalue weighted by Crippen LogP contribution is 2.29. The number of pyridine rings is 1. The van der Waals surface area contributed by atoms with Crippen molar-refractivity contribution in [3.63, 3.8) is 0 Å². The summed E-state index contributed by atoms with van der Waals surface area (Å²) in [5, 5.41) is 10.3. The molecule has 246 valence electrons. The van der Waals surface area contributed by atoms with Crippen LogP contribution in [0.15, 0.2) is 66.9 Å². The molecule has 0 spiro atoms. The molecular weight excluding hydrogens is 595 g/mol. The monoisotopic (exact) mass is 638 g/mol. The van der Waals surface area contributed by atoms with Gasteiger partial charge in [-0.3, -0.25) is 14.3 Å². The predicted molar refractivity (Wildman–Crippen MR) is 179 cm³/mol. The standard InChI is InChI=1S/C37H43FN6O3/c1-25-21-34(42-43(25)2)36(46)41-31-16-14-30(15-17-31)40-35(45)33-23-29(38)24-39-37(33)47-32-9-5-8-28(22-32)27-12-10-26(11-13-27)7-6-20-44-18-3-4-19-44/h5,8-13,21-24,30-31H,3-4,6-7,14-20H2,1-2H3,(H,40,45)(H,41,46)/t30-,31-. The molecule has 3 heterocycles. The van der Waals surface area contributed by atoms with E-state index < -0.39 is 11.7 Å². The molecular formula is C37H43FN6O3. The molecule has 47 heavy (non-hydrogen) atoms. The van der Waals surface area contributed by atoms with E-state index in [1.54, 1.807) is 23.9 Å². The number of carbonyl (C=O) groups is 2. The van der Waals surface area contributed by atoms with Crippen LogP contribution in [0.4, 0.5) is 4.39 Å². The predicted octanol–water partition coefficient (Wildman–Crippen LogP) is 6.22. The summed E-state index contributed by atoms with van der Waals surface area (Å²) >= 11 is 0. The average Bonchev–Trinajstić information content (AvgIpc) is 3.72. The Bertz CT molecular complexity index is 1670. The number of hydrogen-bond donors (Lipinski definition) is 2. The molecule has 0 atom stereocenters. The molecule has 6 rings (SSSR count). The fraction of sp³-hybridized carbons (Fsp3) is 0.405. The second kappa shape index (κ2) is 14.9. The van der Waals surface area contributed by atoms with Crippen molar-refractivity contribution in [1.29, 1.82) is 0 Å². The summed E-state index contributed by atoms with van der Waals surface area (Å²) in [7, 11) is 1.80. The Labute approximate surface area is 275 Å². The van der Waals surface area contributed by atoms with Crippen LogP contribution < -0.4 is 15.4 Å². The Hall–Kier alpha value is -4.57. The summed E-state index contributed by atoms with van der Waals surface area (Å²) in [5.74, 6) is -0.711. The lowest BCUT2D eigenvalue weighted by molar-refractivity contribution is 0.0887. The molecule has 1 aliphatic carbocycles. The van der Waals surface area contributed by atoms with Crippen molar-refractivity contribution >= 4 is 11.8 Å². The molecule has 2 amide bonds. The lowest BCUT2D eigenvalue weighted by Crippen LogP contribution is -2.44. The van der Waals surface area contributed by atoms with Crippen LogP contribution in [0.2, 0.25) is 0 Å². The third-order valence-corrected chi connectivity index (χ3v) is 9.28. The number of amides is 2. The van der Waals surface area contributed by atoms with Gasteiger partial charge >= 0.3 is 0 Å². The molecule has 10 heteroatoms. The van der Waals surface area contributed by atoms with Crippen LogP contribution in [0.5, 0.6) is 11.6 Å². The number of aryl methyl sites for hydroxylation is 3. The van der Waals surface area contributed by atoms with Crippen LogP contribution in [0.3, 0.4) is 0 Å². The minimum atomic E-state index is -0.618. The molecule has 0 bridgehead atoms. The number of rotatable bonds is 11. The third kappa shape index (κ3) is 8.43. The fourth-order valence-electron chi connectivity index (χ4n) is 6.47. The number of hydrogen-bond acceptors (Lipinski definition) is 6. The van der Waals surface area contributed by atoms with Crippen LogP contribution in [0.1, 0.15) is 77.0 Å². The normalized spacial score (nSPS) is 18.2. The van der Waals surface area contributed by atoms with E-state index in [1.165, 1.54) is 31.5 Å². The lowest BCUT2D eigenvalue weighted by Gasteiger charge is -2.29. The van der Waals surface area contributed by atoms with E-state index in [1.807, 2.05) is 25.1 Å². The van der Waals surface area contributed by atoms with Gasteiger partial charge in [0.25, 0.3) is 11.8 Å². The number of ether oxygens (including phenoxy) is 1. The van der Waals surface area contributed by atoms with E-state index in [2.05, 4.69) is 49.9 Å². The van der Waals surface area contributed by atoms with Gasteiger partial charge in [-0.15, -0.1) is 0 Å². The number of halogens is 1. The van der Waals surface area contributed by atoms with Gasteiger partial charge in [-0.1, -0.05) is 36.4 Å². The molecule has 0 unspecified atom stereocenters. The minimum Gasteiger partial charge on any atom is -0.438 e. The maximum Gasteiger partial charge on any atom is 0.272 e. The van der Waals surface area contributed by atoms with Crippen LogP contribution in [0, 0.1) is 12.7 Å². The first kappa shape index (κ1) is 32.4. The molecule has 2 aromatic heterocycles. The van der Waals surface area contributed by atoms with Crippen molar-refractivity contribution < 1.29 is 18.7 Å². The minimum absolute atomic E-state index is 0.00375. The van der Waals surface area contributed by atoms with Gasteiger partial charge in [0.1, 0.15) is 22.8 Å². The van der Waals surface area contributed by atoms with Crippen molar-refractivity contribution in [3.05, 3.63) is 95.2 Å². The van der Waals surface area contributed by atoms with Crippen molar-refractivity contribution in [2.75, 3.05) is 19.6 Å².